The predicted octanol–water partition coefficient (Wildman–Crippen LogP) is 3.68. The summed E-state index contributed by atoms with van der Waals surface area (Å²) in [5.74, 6) is 1.27. The Labute approximate surface area is 156 Å². The molecule has 0 bridgehead atoms. The van der Waals surface area contributed by atoms with E-state index in [2.05, 4.69) is 5.32 Å². The van der Waals surface area contributed by atoms with Gasteiger partial charge in [-0.05, 0) is 48.9 Å². The van der Waals surface area contributed by atoms with Crippen LogP contribution in [-0.2, 0) is 17.8 Å². The standard InChI is InChI=1S/C20H21NO4S/c1-2-24-15-7-5-14(6-8-15)12-19(22)21-13-16-9-10-18(26-16)20(23)17-4-3-11-25-17/h3-11,20,23H,2,12-13H2,1H3,(H,21,22). The largest absolute Gasteiger partial charge is 0.494 e. The van der Waals surface area contributed by atoms with Crippen LogP contribution in [0.1, 0.15) is 34.1 Å². The van der Waals surface area contributed by atoms with E-state index in [1.807, 2.05) is 43.3 Å². The van der Waals surface area contributed by atoms with E-state index >= 15 is 0 Å². The van der Waals surface area contributed by atoms with E-state index in [9.17, 15) is 9.90 Å². The van der Waals surface area contributed by atoms with Gasteiger partial charge in [-0.3, -0.25) is 4.79 Å². The first kappa shape index (κ1) is 18.2. The number of amides is 1. The van der Waals surface area contributed by atoms with Crippen LogP contribution < -0.4 is 10.1 Å². The van der Waals surface area contributed by atoms with Crippen LogP contribution in [0.25, 0.3) is 0 Å². The number of rotatable bonds is 8. The van der Waals surface area contributed by atoms with Crippen LogP contribution in [0, 0.1) is 0 Å². The van der Waals surface area contributed by atoms with Crippen molar-refractivity contribution in [1.29, 1.82) is 0 Å². The Bertz CT molecular complexity index is 824. The van der Waals surface area contributed by atoms with Gasteiger partial charge >= 0.3 is 0 Å². The zero-order chi connectivity index (χ0) is 18.4. The molecule has 0 saturated carbocycles. The number of hydrogen-bond donors (Lipinski definition) is 2. The van der Waals surface area contributed by atoms with Crippen molar-refractivity contribution in [2.24, 2.45) is 0 Å². The number of thiophene rings is 1. The molecule has 1 amide bonds. The number of nitrogens with one attached hydrogen (secondary N) is 1. The molecule has 1 unspecified atom stereocenters. The fourth-order valence-corrected chi connectivity index (χ4v) is 3.47. The Morgan fingerprint density at radius 1 is 1.23 bits per heavy atom. The van der Waals surface area contributed by atoms with Gasteiger partial charge in [0.25, 0.3) is 0 Å². The highest BCUT2D eigenvalue weighted by Gasteiger charge is 2.15. The molecule has 0 aliphatic heterocycles. The number of aliphatic hydroxyl groups excluding tert-OH is 1. The van der Waals surface area contributed by atoms with Crippen molar-refractivity contribution in [1.82, 2.24) is 5.32 Å². The molecule has 0 aliphatic rings. The van der Waals surface area contributed by atoms with Gasteiger partial charge in [0, 0.05) is 9.75 Å². The zero-order valence-corrected chi connectivity index (χ0v) is 15.3. The molecular formula is C20H21NO4S. The molecule has 0 saturated heterocycles. The number of benzene rings is 1. The van der Waals surface area contributed by atoms with Gasteiger partial charge in [0.05, 0.1) is 25.8 Å². The summed E-state index contributed by atoms with van der Waals surface area (Å²) in [6, 6.07) is 14.8. The van der Waals surface area contributed by atoms with E-state index in [-0.39, 0.29) is 5.91 Å². The molecule has 0 aliphatic carbocycles. The third kappa shape index (κ3) is 4.74. The SMILES string of the molecule is CCOc1ccc(CC(=O)NCc2ccc(C(O)c3ccco3)s2)cc1. The first-order valence-electron chi connectivity index (χ1n) is 8.44. The number of carbonyl (C=O) groups is 1. The van der Waals surface area contributed by atoms with Crippen LogP contribution >= 0.6 is 11.3 Å². The summed E-state index contributed by atoms with van der Waals surface area (Å²) in [6.07, 6.45) is 1.08. The van der Waals surface area contributed by atoms with Gasteiger partial charge < -0.3 is 19.6 Å². The summed E-state index contributed by atoms with van der Waals surface area (Å²) < 4.78 is 10.6. The van der Waals surface area contributed by atoms with Crippen LogP contribution in [0.5, 0.6) is 5.75 Å². The fourth-order valence-electron chi connectivity index (χ4n) is 2.53. The van der Waals surface area contributed by atoms with Gasteiger partial charge in [-0.25, -0.2) is 0 Å². The Balaban J connectivity index is 1.50. The lowest BCUT2D eigenvalue weighted by Crippen LogP contribution is -2.24. The number of ether oxygens (including phenoxy) is 1. The Morgan fingerprint density at radius 2 is 2.04 bits per heavy atom. The molecule has 1 atom stereocenters. The normalized spacial score (nSPS) is 11.9. The van der Waals surface area contributed by atoms with Crippen LogP contribution in [0.3, 0.4) is 0 Å². The molecular weight excluding hydrogens is 350 g/mol. The lowest BCUT2D eigenvalue weighted by atomic mass is 10.1. The molecule has 6 heteroatoms. The molecule has 26 heavy (non-hydrogen) atoms. The van der Waals surface area contributed by atoms with Crippen molar-refractivity contribution in [3.05, 3.63) is 75.9 Å². The van der Waals surface area contributed by atoms with E-state index in [1.54, 1.807) is 12.1 Å². The molecule has 2 aromatic heterocycles. The second kappa shape index (κ2) is 8.69. The lowest BCUT2D eigenvalue weighted by Gasteiger charge is -2.06. The molecule has 0 radical (unpaired) electrons. The number of furan rings is 1. The minimum atomic E-state index is -0.775. The van der Waals surface area contributed by atoms with Gasteiger partial charge in [0.2, 0.25) is 5.91 Å². The van der Waals surface area contributed by atoms with Crippen molar-refractivity contribution < 1.29 is 19.1 Å². The lowest BCUT2D eigenvalue weighted by molar-refractivity contribution is -0.120. The molecule has 0 spiro atoms. The number of aliphatic hydroxyl groups is 1. The molecule has 0 fully saturated rings. The average molecular weight is 371 g/mol. The van der Waals surface area contributed by atoms with Gasteiger partial charge in [-0.2, -0.15) is 0 Å². The topological polar surface area (TPSA) is 71.7 Å². The minimum Gasteiger partial charge on any atom is -0.494 e. The van der Waals surface area contributed by atoms with Crippen LogP contribution in [0.15, 0.2) is 59.2 Å². The van der Waals surface area contributed by atoms with Crippen molar-refractivity contribution in [2.75, 3.05) is 6.61 Å². The Morgan fingerprint density at radius 3 is 2.73 bits per heavy atom. The second-order valence-electron chi connectivity index (χ2n) is 5.75. The maximum atomic E-state index is 12.1. The minimum absolute atomic E-state index is 0.0457. The van der Waals surface area contributed by atoms with E-state index < -0.39 is 6.10 Å². The summed E-state index contributed by atoms with van der Waals surface area (Å²) in [7, 11) is 0. The highest BCUT2D eigenvalue weighted by Crippen LogP contribution is 2.28. The summed E-state index contributed by atoms with van der Waals surface area (Å²) in [5.41, 5.74) is 0.936. The van der Waals surface area contributed by atoms with Gasteiger partial charge in [-0.15, -0.1) is 11.3 Å². The van der Waals surface area contributed by atoms with E-state index in [0.717, 1.165) is 21.1 Å². The van der Waals surface area contributed by atoms with Crippen molar-refractivity contribution in [3.8, 4) is 5.75 Å². The summed E-state index contributed by atoms with van der Waals surface area (Å²) in [4.78, 5) is 13.9. The van der Waals surface area contributed by atoms with Crippen molar-refractivity contribution in [3.63, 3.8) is 0 Å². The molecule has 3 rings (SSSR count). The van der Waals surface area contributed by atoms with E-state index in [1.165, 1.54) is 17.6 Å². The fraction of sp³-hybridized carbons (Fsp3) is 0.250. The van der Waals surface area contributed by atoms with Crippen LogP contribution in [-0.4, -0.2) is 17.6 Å². The predicted molar refractivity (Wildman–Crippen MR) is 100 cm³/mol. The molecule has 5 nitrogen and oxygen atoms in total. The molecule has 2 heterocycles. The maximum absolute atomic E-state index is 12.1. The molecule has 1 aromatic carbocycles. The third-order valence-electron chi connectivity index (χ3n) is 3.82. The molecule has 136 valence electrons. The van der Waals surface area contributed by atoms with Gasteiger partial charge in [0.1, 0.15) is 17.6 Å². The van der Waals surface area contributed by atoms with E-state index in [4.69, 9.17) is 9.15 Å². The molecule has 3 aromatic rings. The summed E-state index contributed by atoms with van der Waals surface area (Å²) >= 11 is 1.45. The second-order valence-corrected chi connectivity index (χ2v) is 6.95. The van der Waals surface area contributed by atoms with Gasteiger partial charge in [-0.1, -0.05) is 12.1 Å². The number of carbonyl (C=O) groups excluding carboxylic acids is 1. The highest BCUT2D eigenvalue weighted by atomic mass is 32.1. The highest BCUT2D eigenvalue weighted by molar-refractivity contribution is 7.12. The first-order valence-corrected chi connectivity index (χ1v) is 9.26. The number of hydrogen-bond acceptors (Lipinski definition) is 5. The third-order valence-corrected chi connectivity index (χ3v) is 4.96. The first-order chi connectivity index (χ1) is 12.7. The van der Waals surface area contributed by atoms with Gasteiger partial charge in [0.15, 0.2) is 0 Å². The van der Waals surface area contributed by atoms with Crippen molar-refractivity contribution in [2.45, 2.75) is 26.0 Å². The Kier molecular flexibility index (Phi) is 6.09. The quantitative estimate of drug-likeness (QED) is 0.634. The van der Waals surface area contributed by atoms with Crippen LogP contribution in [0.4, 0.5) is 0 Å². The van der Waals surface area contributed by atoms with Crippen LogP contribution in [0.2, 0.25) is 0 Å². The Hall–Kier alpha value is -2.57. The molecule has 2 N–H and O–H groups in total. The maximum Gasteiger partial charge on any atom is 0.224 e. The monoisotopic (exact) mass is 371 g/mol. The summed E-state index contributed by atoms with van der Waals surface area (Å²) in [6.45, 7) is 2.99. The van der Waals surface area contributed by atoms with Crippen molar-refractivity contribution >= 4 is 17.2 Å². The average Bonchev–Trinajstić information content (AvgIpc) is 3.33. The smallest absolute Gasteiger partial charge is 0.224 e. The summed E-state index contributed by atoms with van der Waals surface area (Å²) in [5, 5.41) is 13.2. The zero-order valence-electron chi connectivity index (χ0n) is 14.5. The van der Waals surface area contributed by atoms with E-state index in [0.29, 0.717) is 25.3 Å².